The second-order valence-electron chi connectivity index (χ2n) is 3.31. The first-order valence-electron chi connectivity index (χ1n) is 5.41. The summed E-state index contributed by atoms with van der Waals surface area (Å²) in [6, 6.07) is 0. The van der Waals surface area contributed by atoms with E-state index in [0.717, 1.165) is 19.4 Å². The van der Waals surface area contributed by atoms with Crippen molar-refractivity contribution in [2.45, 2.75) is 53.9 Å². The predicted molar refractivity (Wildman–Crippen MR) is 58.7 cm³/mol. The number of amides is 1. The smallest absolute Gasteiger partial charge is 0.222 e. The summed E-state index contributed by atoms with van der Waals surface area (Å²) in [5.41, 5.74) is 0. The van der Waals surface area contributed by atoms with E-state index in [4.69, 9.17) is 0 Å². The first kappa shape index (κ1) is 15.0. The highest BCUT2D eigenvalue weighted by molar-refractivity contribution is 5.78. The summed E-state index contributed by atoms with van der Waals surface area (Å²) in [6.07, 6.45) is 3.19. The van der Waals surface area contributed by atoms with Gasteiger partial charge < -0.3 is 5.32 Å². The van der Waals surface area contributed by atoms with Crippen LogP contribution in [0.3, 0.4) is 0 Å². The van der Waals surface area contributed by atoms with Crippen molar-refractivity contribution in [2.24, 2.45) is 5.92 Å². The molecular weight excluding hydrogens is 162 g/mol. The Morgan fingerprint density at radius 1 is 1.23 bits per heavy atom. The quantitative estimate of drug-likeness (QED) is 0.720. The molecule has 1 atom stereocenters. The van der Waals surface area contributed by atoms with E-state index in [1.54, 1.807) is 0 Å². The van der Waals surface area contributed by atoms with Gasteiger partial charge in [0.25, 0.3) is 0 Å². The number of hydrogen-bond donors (Lipinski definition) is 1. The van der Waals surface area contributed by atoms with Crippen LogP contribution < -0.4 is 5.32 Å². The second-order valence-corrected chi connectivity index (χ2v) is 3.31. The van der Waals surface area contributed by atoms with Crippen LogP contribution >= 0.6 is 0 Å². The molecule has 1 N–H and O–H groups in total. The van der Waals surface area contributed by atoms with Crippen molar-refractivity contribution in [3.63, 3.8) is 0 Å². The van der Waals surface area contributed by atoms with Crippen molar-refractivity contribution >= 4 is 5.91 Å². The Morgan fingerprint density at radius 2 is 1.69 bits per heavy atom. The molecule has 0 aliphatic heterocycles. The van der Waals surface area contributed by atoms with Crippen LogP contribution in [0, 0.1) is 5.92 Å². The average molecular weight is 187 g/mol. The minimum atomic E-state index is 0.173. The molecule has 0 heterocycles. The lowest BCUT2D eigenvalue weighted by Gasteiger charge is -2.07. The van der Waals surface area contributed by atoms with E-state index in [9.17, 15) is 4.79 Å². The third kappa shape index (κ3) is 11.5. The first-order valence-corrected chi connectivity index (χ1v) is 5.41. The normalized spacial score (nSPS) is 11.2. The summed E-state index contributed by atoms with van der Waals surface area (Å²) in [4.78, 5) is 11.0. The molecule has 0 radical (unpaired) electrons. The van der Waals surface area contributed by atoms with Gasteiger partial charge in [0, 0.05) is 12.5 Å². The largest absolute Gasteiger partial charge is 0.356 e. The Labute approximate surface area is 83.1 Å². The minimum absolute atomic E-state index is 0.173. The van der Waals surface area contributed by atoms with Crippen molar-refractivity contribution in [2.75, 3.05) is 6.54 Å². The van der Waals surface area contributed by atoms with Gasteiger partial charge in [-0.25, -0.2) is 0 Å². The fraction of sp³-hybridized carbons (Fsp3) is 0.909. The summed E-state index contributed by atoms with van der Waals surface area (Å²) in [5.74, 6) is 0.357. The van der Waals surface area contributed by atoms with Crippen LogP contribution in [0.4, 0.5) is 0 Å². The van der Waals surface area contributed by atoms with Crippen molar-refractivity contribution < 1.29 is 4.79 Å². The number of carbonyl (C=O) groups is 1. The van der Waals surface area contributed by atoms with Crippen molar-refractivity contribution in [3.8, 4) is 0 Å². The maximum absolute atomic E-state index is 11.0. The van der Waals surface area contributed by atoms with Gasteiger partial charge >= 0.3 is 0 Å². The average Bonchev–Trinajstić information content (AvgIpc) is 2.14. The highest BCUT2D eigenvalue weighted by Crippen LogP contribution is 1.98. The zero-order valence-corrected chi connectivity index (χ0v) is 9.81. The molecule has 0 spiro atoms. The molecule has 0 saturated carbocycles. The van der Waals surface area contributed by atoms with E-state index >= 15 is 0 Å². The van der Waals surface area contributed by atoms with E-state index < -0.39 is 0 Å². The summed E-state index contributed by atoms with van der Waals surface area (Å²) in [6.45, 7) is 11.1. The Bertz CT molecular complexity index is 113. The molecule has 1 amide bonds. The van der Waals surface area contributed by atoms with Gasteiger partial charge in [0.1, 0.15) is 0 Å². The summed E-state index contributed by atoms with van der Waals surface area (Å²) in [5, 5.41) is 2.84. The maximum Gasteiger partial charge on any atom is 0.222 e. The molecule has 0 fully saturated rings. The third-order valence-corrected chi connectivity index (χ3v) is 1.61. The molecule has 13 heavy (non-hydrogen) atoms. The number of nitrogens with one attached hydrogen (secondary N) is 1. The second kappa shape index (κ2) is 11.5. The van der Waals surface area contributed by atoms with E-state index in [1.807, 2.05) is 13.8 Å². The topological polar surface area (TPSA) is 29.1 Å². The van der Waals surface area contributed by atoms with Crippen molar-refractivity contribution in [1.29, 1.82) is 0 Å². The fourth-order valence-electron chi connectivity index (χ4n) is 0.608. The van der Waals surface area contributed by atoms with E-state index in [0.29, 0.717) is 0 Å². The Morgan fingerprint density at radius 3 is 2.00 bits per heavy atom. The van der Waals surface area contributed by atoms with Crippen LogP contribution in [0.25, 0.3) is 0 Å². The van der Waals surface area contributed by atoms with Crippen LogP contribution in [0.5, 0.6) is 0 Å². The van der Waals surface area contributed by atoms with Gasteiger partial charge in [-0.1, -0.05) is 41.0 Å². The van der Waals surface area contributed by atoms with Crippen molar-refractivity contribution in [1.82, 2.24) is 5.32 Å². The molecule has 0 saturated heterocycles. The summed E-state index contributed by atoms with van der Waals surface area (Å²) >= 11 is 0. The van der Waals surface area contributed by atoms with E-state index in [1.165, 1.54) is 6.42 Å². The van der Waals surface area contributed by atoms with Crippen molar-refractivity contribution in [3.05, 3.63) is 0 Å². The molecular formula is C11H25NO. The Hall–Kier alpha value is -0.530. The standard InChI is InChI=1S/C8H17NO.C3H8/c1-4-6-9-8(10)7(3)5-2;1-3-2/h7H,4-6H2,1-3H3,(H,9,10);3H2,1-2H3. The van der Waals surface area contributed by atoms with Gasteiger partial charge in [0.2, 0.25) is 5.91 Å². The van der Waals surface area contributed by atoms with Gasteiger partial charge in [-0.2, -0.15) is 0 Å². The van der Waals surface area contributed by atoms with Gasteiger partial charge in [-0.3, -0.25) is 4.79 Å². The molecule has 0 aliphatic rings. The Kier molecular flexibility index (Phi) is 13.2. The van der Waals surface area contributed by atoms with E-state index in [-0.39, 0.29) is 11.8 Å². The van der Waals surface area contributed by atoms with Crippen LogP contribution in [0.1, 0.15) is 53.9 Å². The van der Waals surface area contributed by atoms with E-state index in [2.05, 4.69) is 26.1 Å². The third-order valence-electron chi connectivity index (χ3n) is 1.61. The molecule has 80 valence electrons. The molecule has 0 aromatic carbocycles. The van der Waals surface area contributed by atoms with Gasteiger partial charge in [0.15, 0.2) is 0 Å². The molecule has 0 aromatic rings. The van der Waals surface area contributed by atoms with Crippen LogP contribution in [-0.2, 0) is 4.79 Å². The van der Waals surface area contributed by atoms with Gasteiger partial charge in [0.05, 0.1) is 0 Å². The molecule has 2 nitrogen and oxygen atoms in total. The first-order chi connectivity index (χ1) is 6.13. The van der Waals surface area contributed by atoms with Gasteiger partial charge in [-0.05, 0) is 12.8 Å². The Balaban J connectivity index is 0. The molecule has 0 rings (SSSR count). The number of carbonyl (C=O) groups excluding carboxylic acids is 1. The zero-order chi connectivity index (χ0) is 10.7. The minimum Gasteiger partial charge on any atom is -0.356 e. The lowest BCUT2D eigenvalue weighted by atomic mass is 10.1. The zero-order valence-electron chi connectivity index (χ0n) is 9.81. The predicted octanol–water partition coefficient (Wildman–Crippen LogP) is 2.98. The monoisotopic (exact) mass is 187 g/mol. The summed E-state index contributed by atoms with van der Waals surface area (Å²) < 4.78 is 0. The highest BCUT2D eigenvalue weighted by Gasteiger charge is 2.07. The molecule has 0 aromatic heterocycles. The molecule has 2 heteroatoms. The summed E-state index contributed by atoms with van der Waals surface area (Å²) in [7, 11) is 0. The maximum atomic E-state index is 11.0. The highest BCUT2D eigenvalue weighted by atomic mass is 16.1. The molecule has 0 aliphatic carbocycles. The molecule has 0 bridgehead atoms. The lowest BCUT2D eigenvalue weighted by Crippen LogP contribution is -2.29. The van der Waals surface area contributed by atoms with Crippen LogP contribution in [0.15, 0.2) is 0 Å². The van der Waals surface area contributed by atoms with Crippen LogP contribution in [-0.4, -0.2) is 12.5 Å². The number of hydrogen-bond acceptors (Lipinski definition) is 1. The lowest BCUT2D eigenvalue weighted by molar-refractivity contribution is -0.124. The molecule has 1 unspecified atom stereocenters. The fourth-order valence-corrected chi connectivity index (χ4v) is 0.608. The SMILES string of the molecule is CCC.CCCNC(=O)C(C)CC. The van der Waals surface area contributed by atoms with Crippen LogP contribution in [0.2, 0.25) is 0 Å². The number of rotatable bonds is 4. The van der Waals surface area contributed by atoms with Gasteiger partial charge in [-0.15, -0.1) is 0 Å².